The van der Waals surface area contributed by atoms with Gasteiger partial charge < -0.3 is 4.90 Å². The number of carbonyl (C=O) groups is 1. The third-order valence-electron chi connectivity index (χ3n) is 4.95. The molecule has 2 aromatic carbocycles. The summed E-state index contributed by atoms with van der Waals surface area (Å²) in [6, 6.07) is 12.3. The first-order valence-corrected chi connectivity index (χ1v) is 10.0. The molecule has 3 aromatic rings. The van der Waals surface area contributed by atoms with Crippen molar-refractivity contribution in [1.82, 2.24) is 4.98 Å². The van der Waals surface area contributed by atoms with Gasteiger partial charge in [-0.1, -0.05) is 30.4 Å². The molecule has 1 aromatic heterocycles. The summed E-state index contributed by atoms with van der Waals surface area (Å²) in [4.78, 5) is 30.3. The highest BCUT2D eigenvalue weighted by Gasteiger charge is 2.25. The van der Waals surface area contributed by atoms with Crippen LogP contribution in [-0.4, -0.2) is 28.9 Å². The van der Waals surface area contributed by atoms with E-state index in [0.717, 1.165) is 36.1 Å². The minimum atomic E-state index is -0.414. The van der Waals surface area contributed by atoms with Crippen LogP contribution in [0.5, 0.6) is 0 Å². The molecule has 0 spiro atoms. The summed E-state index contributed by atoms with van der Waals surface area (Å²) in [5, 5.41) is 14.9. The zero-order valence-corrected chi connectivity index (χ0v) is 16.2. The molecule has 8 heteroatoms. The highest BCUT2D eigenvalue weighted by atomic mass is 32.1. The summed E-state index contributed by atoms with van der Waals surface area (Å²) < 4.78 is 0.971. The number of rotatable bonds is 4. The van der Waals surface area contributed by atoms with Crippen LogP contribution in [0.4, 0.5) is 16.5 Å². The molecule has 7 nitrogen and oxygen atoms in total. The van der Waals surface area contributed by atoms with Gasteiger partial charge in [0.2, 0.25) is 0 Å². The Balaban J connectivity index is 1.59. The molecule has 1 aliphatic heterocycles. The topological polar surface area (TPSA) is 88.4 Å². The maximum Gasteiger partial charge on any atom is 0.293 e. The van der Waals surface area contributed by atoms with Gasteiger partial charge in [0.25, 0.3) is 11.6 Å². The number of fused-ring (bicyclic) bond motifs is 1. The molecular weight excluding hydrogens is 376 g/mol. The molecule has 0 aliphatic carbocycles. The van der Waals surface area contributed by atoms with Crippen molar-refractivity contribution in [1.29, 1.82) is 0 Å². The fourth-order valence-electron chi connectivity index (χ4n) is 3.58. The van der Waals surface area contributed by atoms with E-state index in [9.17, 15) is 14.9 Å². The van der Waals surface area contributed by atoms with Crippen molar-refractivity contribution >= 4 is 44.0 Å². The SMILES string of the molecule is C[C@@H]1CCCN(c2ccc(C(=O)Nc3nc4ccccc4s3)cc2[N+](=O)[O-])C1. The first-order valence-electron chi connectivity index (χ1n) is 9.21. The monoisotopic (exact) mass is 396 g/mol. The van der Waals surface area contributed by atoms with Crippen molar-refractivity contribution in [3.63, 3.8) is 0 Å². The molecule has 0 unspecified atom stereocenters. The predicted octanol–water partition coefficient (Wildman–Crippen LogP) is 4.69. The maximum atomic E-state index is 12.6. The number of nitro benzene ring substituents is 1. The van der Waals surface area contributed by atoms with E-state index in [0.29, 0.717) is 16.7 Å². The molecule has 1 atom stereocenters. The second-order valence-corrected chi connectivity index (χ2v) is 8.13. The maximum absolute atomic E-state index is 12.6. The average molecular weight is 396 g/mol. The van der Waals surface area contributed by atoms with Crippen molar-refractivity contribution in [2.75, 3.05) is 23.3 Å². The second kappa shape index (κ2) is 7.55. The molecule has 28 heavy (non-hydrogen) atoms. The Hall–Kier alpha value is -3.00. The highest BCUT2D eigenvalue weighted by molar-refractivity contribution is 7.22. The van der Waals surface area contributed by atoms with Gasteiger partial charge in [0, 0.05) is 24.7 Å². The largest absolute Gasteiger partial charge is 0.366 e. The van der Waals surface area contributed by atoms with Gasteiger partial charge in [-0.05, 0) is 43.0 Å². The van der Waals surface area contributed by atoms with Crippen molar-refractivity contribution < 1.29 is 9.72 Å². The minimum Gasteiger partial charge on any atom is -0.366 e. The number of anilines is 2. The summed E-state index contributed by atoms with van der Waals surface area (Å²) in [5.41, 5.74) is 1.60. The molecule has 0 radical (unpaired) electrons. The van der Waals surface area contributed by atoms with Gasteiger partial charge >= 0.3 is 0 Å². The van der Waals surface area contributed by atoms with Gasteiger partial charge in [0.05, 0.1) is 15.1 Å². The lowest BCUT2D eigenvalue weighted by Crippen LogP contribution is -2.34. The molecule has 1 saturated heterocycles. The quantitative estimate of drug-likeness (QED) is 0.510. The molecule has 1 N–H and O–H groups in total. The lowest BCUT2D eigenvalue weighted by atomic mass is 9.99. The van der Waals surface area contributed by atoms with Crippen LogP contribution in [0, 0.1) is 16.0 Å². The number of para-hydroxylation sites is 1. The van der Waals surface area contributed by atoms with Crippen LogP contribution in [0.15, 0.2) is 42.5 Å². The highest BCUT2D eigenvalue weighted by Crippen LogP contribution is 2.33. The third kappa shape index (κ3) is 3.68. The van der Waals surface area contributed by atoms with Crippen LogP contribution in [0.3, 0.4) is 0 Å². The zero-order chi connectivity index (χ0) is 19.7. The van der Waals surface area contributed by atoms with Gasteiger partial charge in [0.15, 0.2) is 5.13 Å². The van der Waals surface area contributed by atoms with Crippen LogP contribution < -0.4 is 10.2 Å². The van der Waals surface area contributed by atoms with E-state index in [1.165, 1.54) is 17.4 Å². The van der Waals surface area contributed by atoms with Crippen molar-refractivity contribution in [2.45, 2.75) is 19.8 Å². The number of carbonyl (C=O) groups excluding carboxylic acids is 1. The zero-order valence-electron chi connectivity index (χ0n) is 15.4. The standard InChI is InChI=1S/C20H20N4O3S/c1-13-5-4-10-23(12-13)16-9-8-14(11-17(16)24(26)27)19(25)22-20-21-15-6-2-3-7-18(15)28-20/h2-3,6-9,11,13H,4-5,10,12H2,1H3,(H,21,22,25)/t13-/m1/s1. The fourth-order valence-corrected chi connectivity index (χ4v) is 4.44. The first-order chi connectivity index (χ1) is 13.5. The van der Waals surface area contributed by atoms with E-state index < -0.39 is 10.8 Å². The van der Waals surface area contributed by atoms with E-state index in [1.54, 1.807) is 12.1 Å². The molecule has 1 fully saturated rings. The predicted molar refractivity (Wildman–Crippen MR) is 111 cm³/mol. The number of nitrogens with one attached hydrogen (secondary N) is 1. The van der Waals surface area contributed by atoms with Gasteiger partial charge in [-0.2, -0.15) is 0 Å². The number of nitro groups is 1. The smallest absolute Gasteiger partial charge is 0.293 e. The average Bonchev–Trinajstić information content (AvgIpc) is 3.09. The third-order valence-corrected chi connectivity index (χ3v) is 5.90. The normalized spacial score (nSPS) is 16.9. The number of benzene rings is 2. The van der Waals surface area contributed by atoms with E-state index in [4.69, 9.17) is 0 Å². The van der Waals surface area contributed by atoms with E-state index >= 15 is 0 Å². The van der Waals surface area contributed by atoms with E-state index in [-0.39, 0.29) is 11.3 Å². The number of thiazole rings is 1. The van der Waals surface area contributed by atoms with Crippen LogP contribution in [-0.2, 0) is 0 Å². The van der Waals surface area contributed by atoms with Crippen molar-refractivity contribution in [2.24, 2.45) is 5.92 Å². The van der Waals surface area contributed by atoms with Gasteiger partial charge in [-0.15, -0.1) is 0 Å². The fraction of sp³-hybridized carbons (Fsp3) is 0.300. The molecule has 144 valence electrons. The number of nitrogens with zero attached hydrogens (tertiary/aromatic N) is 3. The number of amides is 1. The molecule has 2 heterocycles. The number of hydrogen-bond acceptors (Lipinski definition) is 6. The Kier molecular flexibility index (Phi) is 4.95. The summed E-state index contributed by atoms with van der Waals surface area (Å²) in [6.07, 6.45) is 2.14. The Labute approximate surface area is 166 Å². The molecule has 0 saturated carbocycles. The van der Waals surface area contributed by atoms with Gasteiger partial charge in [-0.3, -0.25) is 20.2 Å². The Morgan fingerprint density at radius 3 is 2.89 bits per heavy atom. The summed E-state index contributed by atoms with van der Waals surface area (Å²) in [5.74, 6) is 0.0936. The van der Waals surface area contributed by atoms with Crippen LogP contribution >= 0.6 is 11.3 Å². The Bertz CT molecular complexity index is 1020. The van der Waals surface area contributed by atoms with E-state index in [2.05, 4.69) is 17.2 Å². The molecule has 1 amide bonds. The number of hydrogen-bond donors (Lipinski definition) is 1. The molecule has 0 bridgehead atoms. The van der Waals surface area contributed by atoms with Gasteiger partial charge in [-0.25, -0.2) is 4.98 Å². The van der Waals surface area contributed by atoms with Crippen LogP contribution in [0.25, 0.3) is 10.2 Å². The molecular formula is C20H20N4O3S. The number of aromatic nitrogens is 1. The second-order valence-electron chi connectivity index (χ2n) is 7.09. The van der Waals surface area contributed by atoms with Crippen LogP contribution in [0.1, 0.15) is 30.1 Å². The first kappa shape index (κ1) is 18.4. The van der Waals surface area contributed by atoms with Crippen molar-refractivity contribution in [3.8, 4) is 0 Å². The van der Waals surface area contributed by atoms with Crippen LogP contribution in [0.2, 0.25) is 0 Å². The van der Waals surface area contributed by atoms with Crippen molar-refractivity contribution in [3.05, 3.63) is 58.1 Å². The Morgan fingerprint density at radius 1 is 1.32 bits per heavy atom. The van der Waals surface area contributed by atoms with Gasteiger partial charge in [0.1, 0.15) is 5.69 Å². The van der Waals surface area contributed by atoms with E-state index in [1.807, 2.05) is 29.2 Å². The Morgan fingerprint density at radius 2 is 2.14 bits per heavy atom. The lowest BCUT2D eigenvalue weighted by molar-refractivity contribution is -0.384. The molecule has 1 aliphatic rings. The summed E-state index contributed by atoms with van der Waals surface area (Å²) in [7, 11) is 0. The molecule has 4 rings (SSSR count). The minimum absolute atomic E-state index is 0.0361. The summed E-state index contributed by atoms with van der Waals surface area (Å²) >= 11 is 1.37. The summed E-state index contributed by atoms with van der Waals surface area (Å²) in [6.45, 7) is 3.73. The lowest BCUT2D eigenvalue weighted by Gasteiger charge is -2.32. The number of piperidine rings is 1.